The van der Waals surface area contributed by atoms with Crippen molar-refractivity contribution in [2.24, 2.45) is 0 Å². The van der Waals surface area contributed by atoms with Gasteiger partial charge in [0.15, 0.2) is 0 Å². The summed E-state index contributed by atoms with van der Waals surface area (Å²) >= 11 is 0. The second-order valence-electron chi connectivity index (χ2n) is 5.89. The molecule has 1 fully saturated rings. The number of pyridine rings is 1. The fourth-order valence-corrected chi connectivity index (χ4v) is 2.48. The number of rotatable bonds is 5. The van der Waals surface area contributed by atoms with Gasteiger partial charge in [0.2, 0.25) is 11.8 Å². The molecule has 2 rings (SSSR count). The molecule has 2 heterocycles. The highest BCUT2D eigenvalue weighted by Crippen LogP contribution is 2.11. The topological polar surface area (TPSA) is 65.5 Å². The Morgan fingerprint density at radius 2 is 2.05 bits per heavy atom. The van der Waals surface area contributed by atoms with Crippen LogP contribution >= 0.6 is 0 Å². The normalized spacial score (nSPS) is 15.9. The lowest BCUT2D eigenvalue weighted by Gasteiger charge is -2.27. The Bertz CT molecular complexity index is 523. The number of likely N-dealkylation sites (tertiary alicyclic amines) is 1. The first-order valence-corrected chi connectivity index (χ1v) is 7.69. The highest BCUT2D eigenvalue weighted by molar-refractivity contribution is 5.92. The first-order valence-electron chi connectivity index (χ1n) is 7.69. The summed E-state index contributed by atoms with van der Waals surface area (Å²) in [6, 6.07) is 3.37. The van der Waals surface area contributed by atoms with E-state index in [1.54, 1.807) is 24.2 Å². The lowest BCUT2D eigenvalue weighted by molar-refractivity contribution is -0.135. The van der Waals surface area contributed by atoms with E-state index >= 15 is 0 Å². The summed E-state index contributed by atoms with van der Waals surface area (Å²) in [5, 5.41) is 2.75. The number of likely N-dealkylation sites (N-methyl/N-ethyl adjacent to an activating group) is 1. The van der Waals surface area contributed by atoms with Crippen LogP contribution in [0.4, 0.5) is 5.82 Å². The largest absolute Gasteiger partial charge is 0.341 e. The molecule has 0 bridgehead atoms. The van der Waals surface area contributed by atoms with Gasteiger partial charge >= 0.3 is 0 Å². The number of aryl methyl sites for hydroxylation is 1. The molecule has 1 aromatic heterocycles. The molecular weight excluding hydrogens is 280 g/mol. The summed E-state index contributed by atoms with van der Waals surface area (Å²) in [4.78, 5) is 32.1. The van der Waals surface area contributed by atoms with E-state index < -0.39 is 0 Å². The molecule has 1 N–H and O–H groups in total. The Morgan fingerprint density at radius 1 is 1.36 bits per heavy atom. The molecule has 2 amide bonds. The van der Waals surface area contributed by atoms with E-state index in [0.29, 0.717) is 5.82 Å². The molecule has 1 unspecified atom stereocenters. The SMILES string of the molecule is Cc1ccc(NC(=O)CN(C)C(C)C(=O)N2CCCC2)nc1. The van der Waals surface area contributed by atoms with E-state index in [1.165, 1.54) is 0 Å². The van der Waals surface area contributed by atoms with Gasteiger partial charge in [-0.25, -0.2) is 4.98 Å². The van der Waals surface area contributed by atoms with Crippen molar-refractivity contribution in [2.45, 2.75) is 32.7 Å². The molecule has 1 atom stereocenters. The van der Waals surface area contributed by atoms with Gasteiger partial charge in [-0.1, -0.05) is 6.07 Å². The number of nitrogens with one attached hydrogen (secondary N) is 1. The third-order valence-electron chi connectivity index (χ3n) is 4.01. The fourth-order valence-electron chi connectivity index (χ4n) is 2.48. The molecule has 1 aliphatic heterocycles. The van der Waals surface area contributed by atoms with Crippen LogP contribution in [0.15, 0.2) is 18.3 Å². The monoisotopic (exact) mass is 304 g/mol. The van der Waals surface area contributed by atoms with Gasteiger partial charge < -0.3 is 10.2 Å². The summed E-state index contributed by atoms with van der Waals surface area (Å²) in [5.41, 5.74) is 1.04. The number of hydrogen-bond donors (Lipinski definition) is 1. The molecule has 22 heavy (non-hydrogen) atoms. The number of nitrogens with zero attached hydrogens (tertiary/aromatic N) is 3. The molecule has 0 saturated carbocycles. The summed E-state index contributed by atoms with van der Waals surface area (Å²) in [7, 11) is 1.79. The Balaban J connectivity index is 1.84. The molecule has 1 aromatic rings. The summed E-state index contributed by atoms with van der Waals surface area (Å²) in [6.45, 7) is 5.61. The van der Waals surface area contributed by atoms with E-state index in [2.05, 4.69) is 10.3 Å². The standard InChI is InChI=1S/C16H24N4O2/c1-12-6-7-14(17-10-12)18-15(21)11-19(3)13(2)16(22)20-8-4-5-9-20/h6-7,10,13H,4-5,8-9,11H2,1-3H3,(H,17,18,21). The Hall–Kier alpha value is -1.95. The molecule has 120 valence electrons. The van der Waals surface area contributed by atoms with Crippen molar-refractivity contribution in [1.29, 1.82) is 0 Å². The lowest BCUT2D eigenvalue weighted by atomic mass is 10.2. The highest BCUT2D eigenvalue weighted by Gasteiger charge is 2.26. The van der Waals surface area contributed by atoms with Gasteiger partial charge in [-0.2, -0.15) is 0 Å². The molecule has 6 heteroatoms. The van der Waals surface area contributed by atoms with Crippen LogP contribution in [0, 0.1) is 6.92 Å². The zero-order valence-electron chi connectivity index (χ0n) is 13.5. The van der Waals surface area contributed by atoms with E-state index in [0.717, 1.165) is 31.5 Å². The maximum atomic E-state index is 12.3. The number of carbonyl (C=O) groups excluding carboxylic acids is 2. The van der Waals surface area contributed by atoms with Crippen LogP contribution in [0.5, 0.6) is 0 Å². The van der Waals surface area contributed by atoms with Crippen LogP contribution in [0.25, 0.3) is 0 Å². The minimum Gasteiger partial charge on any atom is -0.341 e. The summed E-state index contributed by atoms with van der Waals surface area (Å²) in [6.07, 6.45) is 3.85. The van der Waals surface area contributed by atoms with Crippen molar-refractivity contribution in [3.63, 3.8) is 0 Å². The molecule has 0 radical (unpaired) electrons. The highest BCUT2D eigenvalue weighted by atomic mass is 16.2. The smallest absolute Gasteiger partial charge is 0.239 e. The molecule has 1 aliphatic rings. The van der Waals surface area contributed by atoms with E-state index in [-0.39, 0.29) is 24.4 Å². The van der Waals surface area contributed by atoms with Crippen molar-refractivity contribution < 1.29 is 9.59 Å². The van der Waals surface area contributed by atoms with Gasteiger partial charge in [-0.05, 0) is 45.4 Å². The number of anilines is 1. The van der Waals surface area contributed by atoms with Crippen LogP contribution < -0.4 is 5.32 Å². The maximum absolute atomic E-state index is 12.3. The summed E-state index contributed by atoms with van der Waals surface area (Å²) in [5.74, 6) is 0.462. The third kappa shape index (κ3) is 4.27. The molecule has 6 nitrogen and oxygen atoms in total. The Morgan fingerprint density at radius 3 is 2.64 bits per heavy atom. The van der Waals surface area contributed by atoms with Gasteiger partial charge in [-0.15, -0.1) is 0 Å². The summed E-state index contributed by atoms with van der Waals surface area (Å²) < 4.78 is 0. The van der Waals surface area contributed by atoms with Crippen molar-refractivity contribution in [3.8, 4) is 0 Å². The zero-order chi connectivity index (χ0) is 16.1. The van der Waals surface area contributed by atoms with Gasteiger partial charge in [-0.3, -0.25) is 14.5 Å². The van der Waals surface area contributed by atoms with Gasteiger partial charge in [0.05, 0.1) is 12.6 Å². The van der Waals surface area contributed by atoms with Crippen LogP contribution in [0.3, 0.4) is 0 Å². The van der Waals surface area contributed by atoms with E-state index in [4.69, 9.17) is 0 Å². The molecule has 0 aliphatic carbocycles. The van der Waals surface area contributed by atoms with Crippen LogP contribution in [0.1, 0.15) is 25.3 Å². The first kappa shape index (κ1) is 16.4. The van der Waals surface area contributed by atoms with E-state index in [9.17, 15) is 9.59 Å². The van der Waals surface area contributed by atoms with Crippen LogP contribution in [-0.4, -0.2) is 59.3 Å². The van der Waals surface area contributed by atoms with Crippen molar-refractivity contribution in [2.75, 3.05) is 32.0 Å². The van der Waals surface area contributed by atoms with Crippen LogP contribution in [-0.2, 0) is 9.59 Å². The zero-order valence-corrected chi connectivity index (χ0v) is 13.5. The predicted octanol–water partition coefficient (Wildman–Crippen LogP) is 1.27. The van der Waals surface area contributed by atoms with Gasteiger partial charge in [0, 0.05) is 19.3 Å². The van der Waals surface area contributed by atoms with Crippen LogP contribution in [0.2, 0.25) is 0 Å². The molecule has 0 spiro atoms. The minimum atomic E-state index is -0.296. The quantitative estimate of drug-likeness (QED) is 0.890. The van der Waals surface area contributed by atoms with Gasteiger partial charge in [0.25, 0.3) is 0 Å². The average molecular weight is 304 g/mol. The number of carbonyl (C=O) groups is 2. The molecule has 0 aromatic carbocycles. The van der Waals surface area contributed by atoms with E-state index in [1.807, 2.05) is 24.8 Å². The van der Waals surface area contributed by atoms with Crippen molar-refractivity contribution >= 4 is 17.6 Å². The van der Waals surface area contributed by atoms with Crippen molar-refractivity contribution in [3.05, 3.63) is 23.9 Å². The maximum Gasteiger partial charge on any atom is 0.239 e. The van der Waals surface area contributed by atoms with Crippen molar-refractivity contribution in [1.82, 2.24) is 14.8 Å². The lowest BCUT2D eigenvalue weighted by Crippen LogP contribution is -2.46. The molecular formula is C16H24N4O2. The second kappa shape index (κ2) is 7.35. The predicted molar refractivity (Wildman–Crippen MR) is 85.5 cm³/mol. The fraction of sp³-hybridized carbons (Fsp3) is 0.562. The second-order valence-corrected chi connectivity index (χ2v) is 5.89. The minimum absolute atomic E-state index is 0.0984. The third-order valence-corrected chi connectivity index (χ3v) is 4.01. The first-order chi connectivity index (χ1) is 10.5. The van der Waals surface area contributed by atoms with Gasteiger partial charge in [0.1, 0.15) is 5.82 Å². The number of amides is 2. The number of hydrogen-bond acceptors (Lipinski definition) is 4. The Labute approximate surface area is 131 Å². The number of aromatic nitrogens is 1. The average Bonchev–Trinajstić information content (AvgIpc) is 3.02. The Kier molecular flexibility index (Phi) is 5.49. The molecule has 1 saturated heterocycles.